The van der Waals surface area contributed by atoms with Gasteiger partial charge < -0.3 is 0 Å². The molecule has 2 heterocycles. The number of fused-ring (bicyclic) bond motifs is 3. The third-order valence-electron chi connectivity index (χ3n) is 5.34. The van der Waals surface area contributed by atoms with Crippen LogP contribution in [0.25, 0.3) is 31.6 Å². The molecule has 0 radical (unpaired) electrons. The zero-order valence-electron chi connectivity index (χ0n) is 16.3. The van der Waals surface area contributed by atoms with Gasteiger partial charge in [0, 0.05) is 15.6 Å². The highest BCUT2D eigenvalue weighted by atomic mass is 32.1. The Balaban J connectivity index is 2.16. The van der Waals surface area contributed by atoms with Crippen LogP contribution in [0.15, 0.2) is 36.7 Å². The molecule has 26 heavy (non-hydrogen) atoms. The summed E-state index contributed by atoms with van der Waals surface area (Å²) in [7, 11) is 2.10. The third kappa shape index (κ3) is 2.53. The first-order valence-corrected chi connectivity index (χ1v) is 9.98. The molecule has 0 N–H and O–H groups in total. The van der Waals surface area contributed by atoms with Crippen molar-refractivity contribution in [1.29, 1.82) is 0 Å². The first kappa shape index (κ1) is 17.2. The van der Waals surface area contributed by atoms with Gasteiger partial charge in [0.1, 0.15) is 4.70 Å². The quantitative estimate of drug-likeness (QED) is 0.401. The van der Waals surface area contributed by atoms with Crippen molar-refractivity contribution in [2.24, 2.45) is 7.05 Å². The number of aromatic nitrogens is 2. The number of rotatable bonds is 2. The first-order valence-electron chi connectivity index (χ1n) is 9.16. The van der Waals surface area contributed by atoms with E-state index in [1.165, 1.54) is 48.3 Å². The van der Waals surface area contributed by atoms with E-state index in [4.69, 9.17) is 4.98 Å². The lowest BCUT2D eigenvalue weighted by atomic mass is 9.97. The molecule has 2 nitrogen and oxygen atoms in total. The summed E-state index contributed by atoms with van der Waals surface area (Å²) in [4.78, 5) is 4.80. The Bertz CT molecular complexity index is 1150. The van der Waals surface area contributed by atoms with Gasteiger partial charge in [-0.3, -0.25) is 0 Å². The van der Waals surface area contributed by atoms with Crippen LogP contribution in [0.2, 0.25) is 0 Å². The highest BCUT2D eigenvalue weighted by Crippen LogP contribution is 2.41. The Hall–Kier alpha value is -2.26. The second-order valence-corrected chi connectivity index (χ2v) is 8.64. The summed E-state index contributed by atoms with van der Waals surface area (Å²) in [5, 5.41) is 1.28. The Labute approximate surface area is 159 Å². The van der Waals surface area contributed by atoms with E-state index in [2.05, 4.69) is 76.6 Å². The molecule has 0 saturated carbocycles. The van der Waals surface area contributed by atoms with Gasteiger partial charge in [-0.25, -0.2) is 4.57 Å². The molecule has 0 bridgehead atoms. The van der Waals surface area contributed by atoms with E-state index in [1.54, 1.807) is 0 Å². The van der Waals surface area contributed by atoms with Gasteiger partial charge in [-0.1, -0.05) is 37.6 Å². The Morgan fingerprint density at radius 3 is 2.54 bits per heavy atom. The lowest BCUT2D eigenvalue weighted by Gasteiger charge is -2.11. The molecule has 4 aromatic rings. The zero-order chi connectivity index (χ0) is 18.6. The van der Waals surface area contributed by atoms with E-state index < -0.39 is 0 Å². The molecule has 0 aliphatic carbocycles. The van der Waals surface area contributed by atoms with Gasteiger partial charge in [0.25, 0.3) is 6.33 Å². The topological polar surface area (TPSA) is 16.8 Å². The molecular formula is C23H25N2S+. The van der Waals surface area contributed by atoms with Crippen LogP contribution in [-0.4, -0.2) is 4.98 Å². The second-order valence-electron chi connectivity index (χ2n) is 7.62. The fourth-order valence-electron chi connectivity index (χ4n) is 3.83. The Kier molecular flexibility index (Phi) is 4.07. The predicted molar refractivity (Wildman–Crippen MR) is 112 cm³/mol. The van der Waals surface area contributed by atoms with Crippen molar-refractivity contribution in [1.82, 2.24) is 4.98 Å². The fourth-order valence-corrected chi connectivity index (χ4v) is 5.34. The average Bonchev–Trinajstić information content (AvgIpc) is 2.96. The van der Waals surface area contributed by atoms with E-state index >= 15 is 0 Å². The number of hydrogen-bond acceptors (Lipinski definition) is 2. The third-order valence-corrected chi connectivity index (χ3v) is 6.59. The number of hydrogen-bond donors (Lipinski definition) is 0. The van der Waals surface area contributed by atoms with Crippen molar-refractivity contribution in [3.63, 3.8) is 0 Å². The lowest BCUT2D eigenvalue weighted by molar-refractivity contribution is -0.662. The maximum absolute atomic E-state index is 4.80. The summed E-state index contributed by atoms with van der Waals surface area (Å²) < 4.78 is 4.83. The summed E-state index contributed by atoms with van der Waals surface area (Å²) in [6, 6.07) is 11.2. The highest BCUT2D eigenvalue weighted by molar-refractivity contribution is 7.26. The van der Waals surface area contributed by atoms with E-state index in [9.17, 15) is 0 Å². The van der Waals surface area contributed by atoms with E-state index in [-0.39, 0.29) is 0 Å². The van der Waals surface area contributed by atoms with E-state index in [1.807, 2.05) is 17.7 Å². The molecule has 132 valence electrons. The molecule has 0 aliphatic heterocycles. The molecule has 2 aromatic heterocycles. The molecule has 4 rings (SSSR count). The van der Waals surface area contributed by atoms with Crippen molar-refractivity contribution in [2.75, 3.05) is 0 Å². The standard InChI is InChI=1S/C23H25N2S/c1-13(2)17-8-7-9-18-20-23(26-22(17)18)21(25(6)12-24-20)19-11-14(3)10-15(4)16(19)5/h7-13H,1-6H3/q+1. The van der Waals surface area contributed by atoms with Gasteiger partial charge in [0.15, 0.2) is 5.69 Å². The minimum absolute atomic E-state index is 0.506. The van der Waals surface area contributed by atoms with Gasteiger partial charge in [0.2, 0.25) is 5.52 Å². The average molecular weight is 362 g/mol. The first-order chi connectivity index (χ1) is 12.4. The molecule has 0 fully saturated rings. The van der Waals surface area contributed by atoms with Crippen LogP contribution in [-0.2, 0) is 7.05 Å². The van der Waals surface area contributed by atoms with Crippen LogP contribution in [0.4, 0.5) is 0 Å². The van der Waals surface area contributed by atoms with Crippen molar-refractivity contribution < 1.29 is 4.57 Å². The maximum Gasteiger partial charge on any atom is 0.287 e. The molecule has 3 heteroatoms. The summed E-state index contributed by atoms with van der Waals surface area (Å²) in [6.45, 7) is 11.1. The SMILES string of the molecule is Cc1cc(C)c(C)c(-c2c3sc4c(C(C)C)cccc4c3nc[n+]2C)c1. The van der Waals surface area contributed by atoms with Crippen molar-refractivity contribution >= 4 is 31.6 Å². The molecule has 2 aromatic carbocycles. The summed E-state index contributed by atoms with van der Waals surface area (Å²) in [5.41, 5.74) is 9.12. The minimum Gasteiger partial charge on any atom is -0.231 e. The normalized spacial score (nSPS) is 11.8. The molecule has 0 amide bonds. The molecule has 0 atom stereocenters. The van der Waals surface area contributed by atoms with E-state index in [0.29, 0.717) is 5.92 Å². The van der Waals surface area contributed by atoms with Gasteiger partial charge in [-0.15, -0.1) is 11.3 Å². The van der Waals surface area contributed by atoms with Gasteiger partial charge >= 0.3 is 0 Å². The predicted octanol–water partition coefficient (Wildman–Crippen LogP) is 5.99. The minimum atomic E-state index is 0.506. The van der Waals surface area contributed by atoms with Gasteiger partial charge in [-0.2, -0.15) is 0 Å². The highest BCUT2D eigenvalue weighted by Gasteiger charge is 2.23. The second kappa shape index (κ2) is 6.17. The Morgan fingerprint density at radius 1 is 1.04 bits per heavy atom. The summed E-state index contributed by atoms with van der Waals surface area (Å²) in [5.74, 6) is 0.506. The monoisotopic (exact) mass is 361 g/mol. The lowest BCUT2D eigenvalue weighted by Crippen LogP contribution is -2.31. The summed E-state index contributed by atoms with van der Waals surface area (Å²) >= 11 is 1.89. The number of nitrogens with zero attached hydrogens (tertiary/aromatic N) is 2. The van der Waals surface area contributed by atoms with Crippen molar-refractivity contribution in [3.8, 4) is 11.3 Å². The van der Waals surface area contributed by atoms with Crippen LogP contribution in [0.3, 0.4) is 0 Å². The van der Waals surface area contributed by atoms with Crippen LogP contribution >= 0.6 is 11.3 Å². The van der Waals surface area contributed by atoms with Crippen LogP contribution in [0.5, 0.6) is 0 Å². The molecule has 0 unspecified atom stereocenters. The number of benzene rings is 2. The fraction of sp³-hybridized carbons (Fsp3) is 0.304. The van der Waals surface area contributed by atoms with Crippen LogP contribution in [0, 0.1) is 20.8 Å². The molecule has 0 saturated heterocycles. The Morgan fingerprint density at radius 2 is 1.81 bits per heavy atom. The largest absolute Gasteiger partial charge is 0.287 e. The molecular weight excluding hydrogens is 336 g/mol. The number of thiophene rings is 1. The molecule has 0 aliphatic rings. The zero-order valence-corrected chi connectivity index (χ0v) is 17.2. The van der Waals surface area contributed by atoms with Gasteiger partial charge in [-0.05, 0) is 60.5 Å². The maximum atomic E-state index is 4.80. The smallest absolute Gasteiger partial charge is 0.231 e. The van der Waals surface area contributed by atoms with Crippen LogP contribution < -0.4 is 4.57 Å². The summed E-state index contributed by atoms with van der Waals surface area (Å²) in [6.07, 6.45) is 1.96. The molecule has 0 spiro atoms. The van der Waals surface area contributed by atoms with E-state index in [0.717, 1.165) is 5.52 Å². The van der Waals surface area contributed by atoms with Crippen molar-refractivity contribution in [3.05, 3.63) is 58.9 Å². The van der Waals surface area contributed by atoms with Gasteiger partial charge in [0.05, 0.1) is 7.05 Å². The van der Waals surface area contributed by atoms with Crippen LogP contribution in [0.1, 0.15) is 42.0 Å². The number of aryl methyl sites for hydroxylation is 3. The van der Waals surface area contributed by atoms with Crippen molar-refractivity contribution in [2.45, 2.75) is 40.5 Å².